The van der Waals surface area contributed by atoms with E-state index in [1.807, 2.05) is 38.1 Å². The van der Waals surface area contributed by atoms with Gasteiger partial charge in [0.15, 0.2) is 0 Å². The molecule has 2 aromatic heterocycles. The number of aryl methyl sites for hydroxylation is 2. The SMILES string of the molecule is Cc1ccc(C)c(NC(=O)[C@@H](C)Sc2nnc(-c3cccnc3)o2)c1. The van der Waals surface area contributed by atoms with Gasteiger partial charge in [-0.15, -0.1) is 10.2 Å². The summed E-state index contributed by atoms with van der Waals surface area (Å²) in [6.07, 6.45) is 3.33. The third kappa shape index (κ3) is 4.24. The molecule has 7 heteroatoms. The summed E-state index contributed by atoms with van der Waals surface area (Å²) in [5.74, 6) is 0.276. The summed E-state index contributed by atoms with van der Waals surface area (Å²) in [4.78, 5) is 16.4. The normalized spacial score (nSPS) is 12.0. The van der Waals surface area contributed by atoms with Gasteiger partial charge in [0, 0.05) is 18.1 Å². The van der Waals surface area contributed by atoms with Crippen LogP contribution in [0.25, 0.3) is 11.5 Å². The number of pyridine rings is 1. The molecule has 1 atom stereocenters. The van der Waals surface area contributed by atoms with Crippen molar-refractivity contribution >= 4 is 23.4 Å². The van der Waals surface area contributed by atoms with Crippen molar-refractivity contribution in [2.45, 2.75) is 31.2 Å². The molecule has 1 N–H and O–H groups in total. The summed E-state index contributed by atoms with van der Waals surface area (Å²) in [6, 6.07) is 9.60. The fourth-order valence-corrected chi connectivity index (χ4v) is 2.86. The van der Waals surface area contributed by atoms with Crippen LogP contribution in [0, 0.1) is 13.8 Å². The van der Waals surface area contributed by atoms with Crippen molar-refractivity contribution in [1.29, 1.82) is 0 Å². The fraction of sp³-hybridized carbons (Fsp3) is 0.222. The summed E-state index contributed by atoms with van der Waals surface area (Å²) in [7, 11) is 0. The second kappa shape index (κ2) is 7.48. The van der Waals surface area contributed by atoms with Gasteiger partial charge < -0.3 is 9.73 Å². The molecule has 6 nitrogen and oxygen atoms in total. The first-order valence-corrected chi connectivity index (χ1v) is 8.69. The lowest BCUT2D eigenvalue weighted by Crippen LogP contribution is -2.22. The monoisotopic (exact) mass is 354 g/mol. The molecule has 0 bridgehead atoms. The average molecular weight is 354 g/mol. The molecule has 128 valence electrons. The molecule has 3 aromatic rings. The quantitative estimate of drug-likeness (QED) is 0.701. The Balaban J connectivity index is 1.66. The van der Waals surface area contributed by atoms with Gasteiger partial charge in [-0.3, -0.25) is 9.78 Å². The molecule has 0 fully saturated rings. The molecule has 0 unspecified atom stereocenters. The second-order valence-corrected chi connectivity index (χ2v) is 6.97. The maximum Gasteiger partial charge on any atom is 0.277 e. The zero-order valence-corrected chi connectivity index (χ0v) is 15.0. The van der Waals surface area contributed by atoms with E-state index >= 15 is 0 Å². The van der Waals surface area contributed by atoms with Gasteiger partial charge in [0.1, 0.15) is 0 Å². The van der Waals surface area contributed by atoms with E-state index in [4.69, 9.17) is 4.42 Å². The number of rotatable bonds is 5. The number of hydrogen-bond donors (Lipinski definition) is 1. The Morgan fingerprint density at radius 3 is 2.84 bits per heavy atom. The molecular weight excluding hydrogens is 336 g/mol. The van der Waals surface area contributed by atoms with Crippen LogP contribution >= 0.6 is 11.8 Å². The van der Waals surface area contributed by atoms with Gasteiger partial charge in [0.25, 0.3) is 5.22 Å². The van der Waals surface area contributed by atoms with Gasteiger partial charge in [-0.2, -0.15) is 0 Å². The van der Waals surface area contributed by atoms with E-state index in [1.54, 1.807) is 25.4 Å². The zero-order chi connectivity index (χ0) is 17.8. The predicted molar refractivity (Wildman–Crippen MR) is 97.4 cm³/mol. The van der Waals surface area contributed by atoms with Crippen LogP contribution in [0.2, 0.25) is 0 Å². The maximum absolute atomic E-state index is 12.4. The second-order valence-electron chi connectivity index (χ2n) is 5.68. The molecule has 1 amide bonds. The number of carbonyl (C=O) groups is 1. The smallest absolute Gasteiger partial charge is 0.277 e. The molecule has 25 heavy (non-hydrogen) atoms. The fourth-order valence-electron chi connectivity index (χ4n) is 2.17. The molecular formula is C18H18N4O2S. The first-order valence-electron chi connectivity index (χ1n) is 7.81. The minimum atomic E-state index is -0.373. The van der Waals surface area contributed by atoms with Crippen LogP contribution in [0.3, 0.4) is 0 Å². The van der Waals surface area contributed by atoms with Crippen molar-refractivity contribution in [2.75, 3.05) is 5.32 Å². The van der Waals surface area contributed by atoms with Crippen LogP contribution < -0.4 is 5.32 Å². The molecule has 1 aromatic carbocycles. The first-order chi connectivity index (χ1) is 12.0. The molecule has 0 saturated heterocycles. The molecule has 3 rings (SSSR count). The highest BCUT2D eigenvalue weighted by molar-refractivity contribution is 8.00. The third-order valence-electron chi connectivity index (χ3n) is 3.61. The standard InChI is InChI=1S/C18H18N4O2S/c1-11-6-7-12(2)15(9-11)20-16(23)13(3)25-18-22-21-17(24-18)14-5-4-8-19-10-14/h4-10,13H,1-3H3,(H,20,23)/t13-/m1/s1. The van der Waals surface area contributed by atoms with E-state index in [1.165, 1.54) is 11.8 Å². The Morgan fingerprint density at radius 2 is 2.08 bits per heavy atom. The predicted octanol–water partition coefficient (Wildman–Crippen LogP) is 3.87. The van der Waals surface area contributed by atoms with Gasteiger partial charge in [-0.1, -0.05) is 23.9 Å². The molecule has 0 aliphatic carbocycles. The number of anilines is 1. The summed E-state index contributed by atoms with van der Waals surface area (Å²) in [6.45, 7) is 5.76. The number of aromatic nitrogens is 3. The number of amides is 1. The largest absolute Gasteiger partial charge is 0.411 e. The number of nitrogens with one attached hydrogen (secondary N) is 1. The molecule has 0 spiro atoms. The van der Waals surface area contributed by atoms with Crippen molar-refractivity contribution in [3.05, 3.63) is 53.9 Å². The summed E-state index contributed by atoms with van der Waals surface area (Å²) in [5.41, 5.74) is 3.68. The highest BCUT2D eigenvalue weighted by Gasteiger charge is 2.19. The summed E-state index contributed by atoms with van der Waals surface area (Å²) < 4.78 is 5.60. The molecule has 0 saturated carbocycles. The Morgan fingerprint density at radius 1 is 1.24 bits per heavy atom. The van der Waals surface area contributed by atoms with Crippen LogP contribution in [-0.2, 0) is 4.79 Å². The van der Waals surface area contributed by atoms with Gasteiger partial charge in [-0.25, -0.2) is 0 Å². The van der Waals surface area contributed by atoms with E-state index in [9.17, 15) is 4.79 Å². The van der Waals surface area contributed by atoms with Gasteiger partial charge in [0.05, 0.1) is 10.8 Å². The Kier molecular flexibility index (Phi) is 5.14. The van der Waals surface area contributed by atoms with Gasteiger partial charge in [0.2, 0.25) is 11.8 Å². The van der Waals surface area contributed by atoms with Crippen molar-refractivity contribution in [2.24, 2.45) is 0 Å². The number of hydrogen-bond acceptors (Lipinski definition) is 6. The van der Waals surface area contributed by atoms with Crippen LogP contribution in [-0.4, -0.2) is 26.3 Å². The molecule has 0 aliphatic heterocycles. The van der Waals surface area contributed by atoms with Crippen molar-refractivity contribution in [1.82, 2.24) is 15.2 Å². The Bertz CT molecular complexity index is 880. The molecule has 2 heterocycles. The molecule has 0 aliphatic rings. The minimum Gasteiger partial charge on any atom is -0.411 e. The average Bonchev–Trinajstić information content (AvgIpc) is 3.07. The van der Waals surface area contributed by atoms with Crippen molar-refractivity contribution in [3.8, 4) is 11.5 Å². The lowest BCUT2D eigenvalue weighted by Gasteiger charge is -2.12. The van der Waals surface area contributed by atoms with E-state index in [-0.39, 0.29) is 11.2 Å². The number of thioether (sulfide) groups is 1. The summed E-state index contributed by atoms with van der Waals surface area (Å²) in [5, 5.41) is 10.9. The van der Waals surface area contributed by atoms with Crippen LogP contribution in [0.15, 0.2) is 52.4 Å². The number of nitrogens with zero attached hydrogens (tertiary/aromatic N) is 3. The maximum atomic E-state index is 12.4. The van der Waals surface area contributed by atoms with Crippen LogP contribution in [0.5, 0.6) is 0 Å². The van der Waals surface area contributed by atoms with Crippen LogP contribution in [0.4, 0.5) is 5.69 Å². The van der Waals surface area contributed by atoms with E-state index < -0.39 is 0 Å². The Hall–Kier alpha value is -2.67. The number of carbonyl (C=O) groups excluding carboxylic acids is 1. The lowest BCUT2D eigenvalue weighted by molar-refractivity contribution is -0.115. The highest BCUT2D eigenvalue weighted by Crippen LogP contribution is 2.27. The topological polar surface area (TPSA) is 80.9 Å². The van der Waals surface area contributed by atoms with Crippen LogP contribution in [0.1, 0.15) is 18.1 Å². The van der Waals surface area contributed by atoms with Crippen molar-refractivity contribution in [3.63, 3.8) is 0 Å². The molecule has 0 radical (unpaired) electrons. The number of benzene rings is 1. The van der Waals surface area contributed by atoms with Crippen molar-refractivity contribution < 1.29 is 9.21 Å². The van der Waals surface area contributed by atoms with E-state index in [0.29, 0.717) is 11.1 Å². The third-order valence-corrected chi connectivity index (χ3v) is 4.55. The van der Waals surface area contributed by atoms with Gasteiger partial charge >= 0.3 is 0 Å². The Labute approximate surface area is 150 Å². The summed E-state index contributed by atoms with van der Waals surface area (Å²) >= 11 is 1.22. The van der Waals surface area contributed by atoms with E-state index in [0.717, 1.165) is 22.4 Å². The lowest BCUT2D eigenvalue weighted by atomic mass is 10.1. The zero-order valence-electron chi connectivity index (χ0n) is 14.2. The highest BCUT2D eigenvalue weighted by atomic mass is 32.2. The van der Waals surface area contributed by atoms with E-state index in [2.05, 4.69) is 20.5 Å². The van der Waals surface area contributed by atoms with Gasteiger partial charge in [-0.05, 0) is 50.1 Å². The first kappa shape index (κ1) is 17.2. The minimum absolute atomic E-state index is 0.111.